The van der Waals surface area contributed by atoms with Gasteiger partial charge in [0.1, 0.15) is 0 Å². The fourth-order valence-corrected chi connectivity index (χ4v) is 3.25. The van der Waals surface area contributed by atoms with Crippen LogP contribution < -0.4 is 15.1 Å². The molecule has 108 valence electrons. The quantitative estimate of drug-likeness (QED) is 0.850. The summed E-state index contributed by atoms with van der Waals surface area (Å²) in [6.45, 7) is 4.65. The molecule has 1 aromatic rings. The van der Waals surface area contributed by atoms with Gasteiger partial charge in [0.15, 0.2) is 0 Å². The predicted molar refractivity (Wildman–Crippen MR) is 82.3 cm³/mol. The summed E-state index contributed by atoms with van der Waals surface area (Å²) >= 11 is 0. The number of likely N-dealkylation sites (N-methyl/N-ethyl adjacent to an activating group) is 1. The average Bonchev–Trinajstić information content (AvgIpc) is 2.48. The lowest BCUT2D eigenvalue weighted by molar-refractivity contribution is -0.125. The monoisotopic (exact) mass is 273 g/mol. The number of hydrogen-bond acceptors (Lipinski definition) is 3. The number of piperidine rings is 1. The third-order valence-corrected chi connectivity index (χ3v) is 4.58. The van der Waals surface area contributed by atoms with Crippen molar-refractivity contribution in [3.05, 3.63) is 24.3 Å². The van der Waals surface area contributed by atoms with Gasteiger partial charge >= 0.3 is 0 Å². The van der Waals surface area contributed by atoms with Crippen LogP contribution in [0.4, 0.5) is 11.4 Å². The first-order valence-electron chi connectivity index (χ1n) is 7.49. The summed E-state index contributed by atoms with van der Waals surface area (Å²) in [6.07, 6.45) is 3.23. The number of hydrogen-bond donors (Lipinski definition) is 1. The van der Waals surface area contributed by atoms with Crippen LogP contribution in [0.5, 0.6) is 0 Å². The lowest BCUT2D eigenvalue weighted by Crippen LogP contribution is -2.60. The van der Waals surface area contributed by atoms with Crippen LogP contribution in [-0.2, 0) is 4.79 Å². The van der Waals surface area contributed by atoms with E-state index >= 15 is 0 Å². The van der Waals surface area contributed by atoms with E-state index in [0.717, 1.165) is 43.9 Å². The van der Waals surface area contributed by atoms with E-state index in [0.29, 0.717) is 0 Å². The molecule has 2 aliphatic heterocycles. The molecule has 4 heteroatoms. The van der Waals surface area contributed by atoms with Crippen molar-refractivity contribution in [1.82, 2.24) is 5.32 Å². The summed E-state index contributed by atoms with van der Waals surface area (Å²) in [5.41, 5.74) is 1.78. The van der Waals surface area contributed by atoms with E-state index in [-0.39, 0.29) is 5.91 Å². The molecule has 1 atom stereocenters. The highest BCUT2D eigenvalue weighted by molar-refractivity contribution is 6.03. The summed E-state index contributed by atoms with van der Waals surface area (Å²) in [7, 11) is 2.08. The molecule has 1 aromatic carbocycles. The van der Waals surface area contributed by atoms with E-state index < -0.39 is 5.54 Å². The van der Waals surface area contributed by atoms with E-state index in [9.17, 15) is 4.79 Å². The van der Waals surface area contributed by atoms with Crippen LogP contribution in [-0.4, -0.2) is 38.1 Å². The van der Waals surface area contributed by atoms with E-state index in [1.807, 2.05) is 17.0 Å². The number of benzene rings is 1. The highest BCUT2D eigenvalue weighted by Gasteiger charge is 2.39. The Hall–Kier alpha value is -1.55. The molecule has 1 N–H and O–H groups in total. The molecule has 0 spiro atoms. The van der Waals surface area contributed by atoms with Gasteiger partial charge in [0.05, 0.1) is 16.9 Å². The van der Waals surface area contributed by atoms with Gasteiger partial charge in [-0.1, -0.05) is 12.1 Å². The van der Waals surface area contributed by atoms with E-state index in [4.69, 9.17) is 0 Å². The molecule has 1 unspecified atom stereocenters. The molecular weight excluding hydrogens is 250 g/mol. The van der Waals surface area contributed by atoms with Crippen molar-refractivity contribution < 1.29 is 4.79 Å². The molecule has 1 saturated heterocycles. The number of anilines is 2. The van der Waals surface area contributed by atoms with Crippen LogP contribution in [0.2, 0.25) is 0 Å². The summed E-state index contributed by atoms with van der Waals surface area (Å²) in [6, 6.07) is 8.18. The topological polar surface area (TPSA) is 35.6 Å². The second kappa shape index (κ2) is 5.09. The molecule has 2 aliphatic rings. The maximum Gasteiger partial charge on any atom is 0.247 e. The van der Waals surface area contributed by atoms with Crippen molar-refractivity contribution in [1.29, 1.82) is 0 Å². The largest absolute Gasteiger partial charge is 0.371 e. The van der Waals surface area contributed by atoms with Crippen LogP contribution in [0.25, 0.3) is 0 Å². The van der Waals surface area contributed by atoms with Crippen molar-refractivity contribution >= 4 is 17.3 Å². The Morgan fingerprint density at radius 1 is 1.20 bits per heavy atom. The molecule has 0 aliphatic carbocycles. The average molecular weight is 273 g/mol. The molecule has 1 fully saturated rings. The normalized spacial score (nSPS) is 26.3. The highest BCUT2D eigenvalue weighted by atomic mass is 16.2. The van der Waals surface area contributed by atoms with Gasteiger partial charge in [-0.3, -0.25) is 4.79 Å². The lowest BCUT2D eigenvalue weighted by atomic mass is 9.89. The van der Waals surface area contributed by atoms with Crippen LogP contribution >= 0.6 is 0 Å². The molecule has 1 amide bonds. The smallest absolute Gasteiger partial charge is 0.247 e. The molecular formula is C16H23N3O. The van der Waals surface area contributed by atoms with Gasteiger partial charge in [-0.2, -0.15) is 0 Å². The Balaban J connectivity index is 1.91. The van der Waals surface area contributed by atoms with Gasteiger partial charge in [-0.05, 0) is 44.9 Å². The Kier molecular flexibility index (Phi) is 3.42. The zero-order chi connectivity index (χ0) is 14.2. The van der Waals surface area contributed by atoms with Gasteiger partial charge < -0.3 is 15.1 Å². The molecule has 3 rings (SSSR count). The summed E-state index contributed by atoms with van der Waals surface area (Å²) in [4.78, 5) is 17.2. The second-order valence-corrected chi connectivity index (χ2v) is 6.08. The first-order chi connectivity index (χ1) is 9.62. The standard InChI is InChI=1S/C16H23N3O/c1-16(9-5-6-10-17-16)15(20)19-12-11-18(2)13-7-3-4-8-14(13)19/h3-4,7-8,17H,5-6,9-12H2,1-2H3. The summed E-state index contributed by atoms with van der Waals surface area (Å²) < 4.78 is 0. The van der Waals surface area contributed by atoms with Crippen molar-refractivity contribution in [2.24, 2.45) is 0 Å². The van der Waals surface area contributed by atoms with Gasteiger partial charge in [0.2, 0.25) is 5.91 Å². The number of amides is 1. The maximum absolute atomic E-state index is 13.0. The number of para-hydroxylation sites is 2. The van der Waals surface area contributed by atoms with Gasteiger partial charge in [0, 0.05) is 20.1 Å². The van der Waals surface area contributed by atoms with Crippen molar-refractivity contribution in [3.63, 3.8) is 0 Å². The maximum atomic E-state index is 13.0. The molecule has 0 saturated carbocycles. The van der Waals surface area contributed by atoms with Crippen LogP contribution in [0.15, 0.2) is 24.3 Å². The fourth-order valence-electron chi connectivity index (χ4n) is 3.25. The van der Waals surface area contributed by atoms with Crippen LogP contribution in [0, 0.1) is 0 Å². The third kappa shape index (κ3) is 2.18. The number of nitrogens with one attached hydrogen (secondary N) is 1. The predicted octanol–water partition coefficient (Wildman–Crippen LogP) is 2.00. The first-order valence-corrected chi connectivity index (χ1v) is 7.49. The second-order valence-electron chi connectivity index (χ2n) is 6.08. The minimum absolute atomic E-state index is 0.220. The number of carbonyl (C=O) groups is 1. The molecule has 20 heavy (non-hydrogen) atoms. The minimum Gasteiger partial charge on any atom is -0.371 e. The fraction of sp³-hybridized carbons (Fsp3) is 0.562. The molecule has 0 aromatic heterocycles. The molecule has 2 heterocycles. The highest BCUT2D eigenvalue weighted by Crippen LogP contribution is 2.34. The van der Waals surface area contributed by atoms with E-state index in [2.05, 4.69) is 36.3 Å². The van der Waals surface area contributed by atoms with Gasteiger partial charge in [-0.25, -0.2) is 0 Å². The first kappa shape index (κ1) is 13.4. The number of fused-ring (bicyclic) bond motifs is 1. The zero-order valence-electron chi connectivity index (χ0n) is 12.4. The molecule has 0 radical (unpaired) electrons. The van der Waals surface area contributed by atoms with E-state index in [1.54, 1.807) is 0 Å². The van der Waals surface area contributed by atoms with Crippen LogP contribution in [0.1, 0.15) is 26.2 Å². The van der Waals surface area contributed by atoms with Crippen molar-refractivity contribution in [2.75, 3.05) is 36.5 Å². The lowest BCUT2D eigenvalue weighted by Gasteiger charge is -2.42. The molecule has 4 nitrogen and oxygen atoms in total. The third-order valence-electron chi connectivity index (χ3n) is 4.58. The van der Waals surface area contributed by atoms with Gasteiger partial charge in [-0.15, -0.1) is 0 Å². The number of carbonyl (C=O) groups excluding carboxylic acids is 1. The van der Waals surface area contributed by atoms with Gasteiger partial charge in [0.25, 0.3) is 0 Å². The zero-order valence-corrected chi connectivity index (χ0v) is 12.4. The van der Waals surface area contributed by atoms with Crippen molar-refractivity contribution in [2.45, 2.75) is 31.7 Å². The minimum atomic E-state index is -0.402. The van der Waals surface area contributed by atoms with Crippen molar-refractivity contribution in [3.8, 4) is 0 Å². The molecule has 0 bridgehead atoms. The number of rotatable bonds is 1. The SMILES string of the molecule is CN1CCN(C(=O)C2(C)CCCCN2)c2ccccc21. The van der Waals surface area contributed by atoms with E-state index in [1.165, 1.54) is 6.42 Å². The number of nitrogens with zero attached hydrogens (tertiary/aromatic N) is 2. The van der Waals surface area contributed by atoms with Crippen LogP contribution in [0.3, 0.4) is 0 Å². The Bertz CT molecular complexity index is 508. The summed E-state index contributed by atoms with van der Waals surface area (Å²) in [5.74, 6) is 0.220. The Labute approximate surface area is 120 Å². The Morgan fingerprint density at radius 2 is 1.95 bits per heavy atom. The summed E-state index contributed by atoms with van der Waals surface area (Å²) in [5, 5.41) is 3.43. The Morgan fingerprint density at radius 3 is 2.65 bits per heavy atom.